The molecule has 0 radical (unpaired) electrons. The predicted molar refractivity (Wildman–Crippen MR) is 82.5 cm³/mol. The number of rotatable bonds is 5. The van der Waals surface area contributed by atoms with E-state index in [2.05, 4.69) is 42.3 Å². The molecule has 0 saturated carbocycles. The second-order valence-corrected chi connectivity index (χ2v) is 5.93. The number of nitrogens with one attached hydrogen (secondary N) is 1. The van der Waals surface area contributed by atoms with E-state index < -0.39 is 0 Å². The van der Waals surface area contributed by atoms with Crippen molar-refractivity contribution in [2.45, 2.75) is 46.1 Å². The summed E-state index contributed by atoms with van der Waals surface area (Å²) in [5, 5.41) is 3.58. The summed E-state index contributed by atoms with van der Waals surface area (Å²) in [6.45, 7) is 10.2. The van der Waals surface area contributed by atoms with Crippen molar-refractivity contribution in [1.29, 1.82) is 0 Å². The Balaban J connectivity index is 1.68. The fourth-order valence-electron chi connectivity index (χ4n) is 3.00. The highest BCUT2D eigenvalue weighted by Crippen LogP contribution is 2.10. The Hall–Kier alpha value is -0.860. The van der Waals surface area contributed by atoms with Crippen LogP contribution in [0.3, 0.4) is 0 Å². The van der Waals surface area contributed by atoms with E-state index in [4.69, 9.17) is 0 Å². The molecule has 1 N–H and O–H groups in total. The quantitative estimate of drug-likeness (QED) is 0.817. The SMILES string of the molecule is Cc1cc(C)cc(CNCCN2CCCCCC2)c1. The molecule has 19 heavy (non-hydrogen) atoms. The maximum absolute atomic E-state index is 3.58. The van der Waals surface area contributed by atoms with Crippen LogP contribution in [0.2, 0.25) is 0 Å². The van der Waals surface area contributed by atoms with Crippen molar-refractivity contribution < 1.29 is 0 Å². The van der Waals surface area contributed by atoms with E-state index in [1.54, 1.807) is 0 Å². The van der Waals surface area contributed by atoms with Crippen molar-refractivity contribution in [3.05, 3.63) is 34.9 Å². The van der Waals surface area contributed by atoms with Gasteiger partial charge in [-0.1, -0.05) is 42.2 Å². The van der Waals surface area contributed by atoms with Gasteiger partial charge in [0.2, 0.25) is 0 Å². The van der Waals surface area contributed by atoms with Gasteiger partial charge in [-0.15, -0.1) is 0 Å². The van der Waals surface area contributed by atoms with Crippen LogP contribution >= 0.6 is 0 Å². The van der Waals surface area contributed by atoms with Crippen molar-refractivity contribution in [2.75, 3.05) is 26.2 Å². The Morgan fingerprint density at radius 2 is 1.58 bits per heavy atom. The minimum atomic E-state index is 0.996. The minimum Gasteiger partial charge on any atom is -0.311 e. The average molecular weight is 260 g/mol. The molecule has 1 aromatic carbocycles. The van der Waals surface area contributed by atoms with Gasteiger partial charge in [0.25, 0.3) is 0 Å². The van der Waals surface area contributed by atoms with E-state index in [9.17, 15) is 0 Å². The third-order valence-corrected chi connectivity index (χ3v) is 3.91. The molecule has 0 amide bonds. The molecule has 106 valence electrons. The fraction of sp³-hybridized carbons (Fsp3) is 0.647. The van der Waals surface area contributed by atoms with Crippen LogP contribution in [0, 0.1) is 13.8 Å². The van der Waals surface area contributed by atoms with Gasteiger partial charge in [-0.2, -0.15) is 0 Å². The van der Waals surface area contributed by atoms with E-state index in [-0.39, 0.29) is 0 Å². The number of nitrogens with zero attached hydrogens (tertiary/aromatic N) is 1. The monoisotopic (exact) mass is 260 g/mol. The Morgan fingerprint density at radius 1 is 0.947 bits per heavy atom. The van der Waals surface area contributed by atoms with Crippen molar-refractivity contribution >= 4 is 0 Å². The molecule has 2 rings (SSSR count). The lowest BCUT2D eigenvalue weighted by molar-refractivity contribution is 0.284. The van der Waals surface area contributed by atoms with Gasteiger partial charge in [-0.3, -0.25) is 0 Å². The molecule has 1 aromatic rings. The first-order valence-electron chi connectivity index (χ1n) is 7.74. The summed E-state index contributed by atoms with van der Waals surface area (Å²) in [5.41, 5.74) is 4.14. The van der Waals surface area contributed by atoms with E-state index in [0.29, 0.717) is 0 Å². The standard InChI is InChI=1S/C17H28N2/c1-15-11-16(2)13-17(12-15)14-18-7-10-19-8-5-3-4-6-9-19/h11-13,18H,3-10,14H2,1-2H3. The largest absolute Gasteiger partial charge is 0.311 e. The van der Waals surface area contributed by atoms with Gasteiger partial charge in [-0.25, -0.2) is 0 Å². The molecule has 0 atom stereocenters. The maximum Gasteiger partial charge on any atom is 0.0206 e. The zero-order valence-electron chi connectivity index (χ0n) is 12.5. The fourth-order valence-corrected chi connectivity index (χ4v) is 3.00. The van der Waals surface area contributed by atoms with Crippen LogP contribution in [0.5, 0.6) is 0 Å². The van der Waals surface area contributed by atoms with Gasteiger partial charge >= 0.3 is 0 Å². The highest BCUT2D eigenvalue weighted by atomic mass is 15.1. The van der Waals surface area contributed by atoms with Gasteiger partial charge in [0, 0.05) is 19.6 Å². The lowest BCUT2D eigenvalue weighted by Gasteiger charge is -2.19. The highest BCUT2D eigenvalue weighted by Gasteiger charge is 2.07. The molecule has 0 aliphatic carbocycles. The Labute approximate surface area is 118 Å². The zero-order chi connectivity index (χ0) is 13.5. The van der Waals surface area contributed by atoms with Crippen LogP contribution in [-0.4, -0.2) is 31.1 Å². The third kappa shape index (κ3) is 5.33. The van der Waals surface area contributed by atoms with Gasteiger partial charge in [-0.05, 0) is 45.3 Å². The molecular weight excluding hydrogens is 232 g/mol. The molecule has 0 aromatic heterocycles. The minimum absolute atomic E-state index is 0.996. The Morgan fingerprint density at radius 3 is 2.21 bits per heavy atom. The number of hydrogen-bond donors (Lipinski definition) is 1. The van der Waals surface area contributed by atoms with Gasteiger partial charge in [0.1, 0.15) is 0 Å². The van der Waals surface area contributed by atoms with Crippen molar-refractivity contribution in [3.8, 4) is 0 Å². The number of aryl methyl sites for hydroxylation is 2. The van der Waals surface area contributed by atoms with Gasteiger partial charge in [0.15, 0.2) is 0 Å². The average Bonchev–Trinajstić information content (AvgIpc) is 2.62. The molecule has 1 aliphatic heterocycles. The number of benzene rings is 1. The number of hydrogen-bond acceptors (Lipinski definition) is 2. The van der Waals surface area contributed by atoms with Crippen molar-refractivity contribution in [2.24, 2.45) is 0 Å². The zero-order valence-corrected chi connectivity index (χ0v) is 12.5. The highest BCUT2D eigenvalue weighted by molar-refractivity contribution is 5.28. The normalized spacial score (nSPS) is 17.4. The first-order valence-corrected chi connectivity index (χ1v) is 7.74. The topological polar surface area (TPSA) is 15.3 Å². The molecule has 2 nitrogen and oxygen atoms in total. The second kappa shape index (κ2) is 7.66. The smallest absolute Gasteiger partial charge is 0.0206 e. The first kappa shape index (κ1) is 14.5. The summed E-state index contributed by atoms with van der Waals surface area (Å²) < 4.78 is 0. The molecule has 2 heteroatoms. The van der Waals surface area contributed by atoms with E-state index >= 15 is 0 Å². The van der Waals surface area contributed by atoms with Crippen LogP contribution in [0.25, 0.3) is 0 Å². The lowest BCUT2D eigenvalue weighted by Crippen LogP contribution is -2.32. The molecular formula is C17H28N2. The van der Waals surface area contributed by atoms with Crippen LogP contribution in [0.4, 0.5) is 0 Å². The second-order valence-electron chi connectivity index (χ2n) is 5.93. The van der Waals surface area contributed by atoms with Gasteiger partial charge < -0.3 is 10.2 Å². The molecule has 1 heterocycles. The summed E-state index contributed by atoms with van der Waals surface area (Å²) in [4.78, 5) is 2.61. The first-order chi connectivity index (χ1) is 9.24. The number of likely N-dealkylation sites (tertiary alicyclic amines) is 1. The van der Waals surface area contributed by atoms with Crippen LogP contribution in [0.1, 0.15) is 42.4 Å². The van der Waals surface area contributed by atoms with Crippen molar-refractivity contribution in [3.63, 3.8) is 0 Å². The summed E-state index contributed by atoms with van der Waals surface area (Å²) in [5.74, 6) is 0. The maximum atomic E-state index is 3.58. The molecule has 1 saturated heterocycles. The molecule has 1 aliphatic rings. The van der Waals surface area contributed by atoms with Crippen LogP contribution < -0.4 is 5.32 Å². The third-order valence-electron chi connectivity index (χ3n) is 3.91. The van der Waals surface area contributed by atoms with Crippen molar-refractivity contribution in [1.82, 2.24) is 10.2 Å². The summed E-state index contributed by atoms with van der Waals surface area (Å²) in [6.07, 6.45) is 5.62. The molecule has 0 unspecified atom stereocenters. The Kier molecular flexibility index (Phi) is 5.87. The molecule has 0 spiro atoms. The van der Waals surface area contributed by atoms with Crippen LogP contribution in [-0.2, 0) is 6.54 Å². The van der Waals surface area contributed by atoms with Gasteiger partial charge in [0.05, 0.1) is 0 Å². The lowest BCUT2D eigenvalue weighted by atomic mass is 10.1. The summed E-state index contributed by atoms with van der Waals surface area (Å²) in [7, 11) is 0. The van der Waals surface area contributed by atoms with E-state index in [0.717, 1.165) is 13.1 Å². The molecule has 0 bridgehead atoms. The summed E-state index contributed by atoms with van der Waals surface area (Å²) in [6, 6.07) is 6.80. The van der Waals surface area contributed by atoms with E-state index in [1.807, 2.05) is 0 Å². The van der Waals surface area contributed by atoms with Crippen LogP contribution in [0.15, 0.2) is 18.2 Å². The molecule has 1 fully saturated rings. The predicted octanol–water partition coefficient (Wildman–Crippen LogP) is 3.27. The summed E-state index contributed by atoms with van der Waals surface area (Å²) >= 11 is 0. The van der Waals surface area contributed by atoms with E-state index in [1.165, 1.54) is 62.0 Å². The Bertz CT molecular complexity index is 359.